The van der Waals surface area contributed by atoms with Crippen molar-refractivity contribution >= 4 is 54.9 Å². The van der Waals surface area contributed by atoms with Crippen molar-refractivity contribution < 1.29 is 4.52 Å². The maximum absolute atomic E-state index is 6.08. The zero-order valence-corrected chi connectivity index (χ0v) is 32.1. The Morgan fingerprint density at radius 2 is 1.42 bits per heavy atom. The van der Waals surface area contributed by atoms with Crippen molar-refractivity contribution in [1.29, 1.82) is 0 Å². The second-order valence-corrected chi connectivity index (χ2v) is 15.5. The molecule has 8 nitrogen and oxygen atoms in total. The molecule has 59 heavy (non-hydrogen) atoms. The molecule has 0 bridgehead atoms. The van der Waals surface area contributed by atoms with Gasteiger partial charge in [-0.25, -0.2) is 15.0 Å². The Morgan fingerprint density at radius 3 is 2.37 bits per heavy atom. The van der Waals surface area contributed by atoms with Crippen molar-refractivity contribution in [3.8, 4) is 33.9 Å². The van der Waals surface area contributed by atoms with Gasteiger partial charge in [-0.05, 0) is 83.8 Å². The van der Waals surface area contributed by atoms with Crippen LogP contribution >= 0.6 is 0 Å². The predicted molar refractivity (Wildman–Crippen MR) is 236 cm³/mol. The first-order chi connectivity index (χ1) is 29.3. The molecule has 0 amide bonds. The number of anilines is 2. The maximum Gasteiger partial charge on any atom is 0.167 e. The number of fused-ring (bicyclic) bond motifs is 6. The fourth-order valence-electron chi connectivity index (χ4n) is 9.41. The first-order valence-corrected chi connectivity index (χ1v) is 20.4. The molecule has 2 aliphatic heterocycles. The van der Waals surface area contributed by atoms with Crippen LogP contribution in [0.25, 0.3) is 77.5 Å². The first kappa shape index (κ1) is 33.8. The summed E-state index contributed by atoms with van der Waals surface area (Å²) >= 11 is 0. The van der Waals surface area contributed by atoms with Crippen molar-refractivity contribution in [2.24, 2.45) is 0 Å². The lowest BCUT2D eigenvalue weighted by Gasteiger charge is -2.35. The zero-order chi connectivity index (χ0) is 38.9. The molecule has 1 unspecified atom stereocenters. The van der Waals surface area contributed by atoms with E-state index in [2.05, 4.69) is 132 Å². The molecule has 0 fully saturated rings. The Bertz CT molecular complexity index is 3280. The Balaban J connectivity index is 1.28. The lowest BCUT2D eigenvalue weighted by molar-refractivity contribution is 0.459. The number of benzene rings is 6. The van der Waals surface area contributed by atoms with E-state index in [4.69, 9.17) is 29.6 Å². The number of para-hydroxylation sites is 3. The number of rotatable bonds is 5. The summed E-state index contributed by atoms with van der Waals surface area (Å²) in [5, 5.41) is 13.7. The van der Waals surface area contributed by atoms with E-state index < -0.39 is 0 Å². The van der Waals surface area contributed by atoms with Gasteiger partial charge in [-0.15, -0.1) is 0 Å². The van der Waals surface area contributed by atoms with Crippen molar-refractivity contribution in [2.75, 3.05) is 18.0 Å². The molecule has 282 valence electrons. The topological polar surface area (TPSA) is 92.9 Å². The number of nitrogens with one attached hydrogen (secondary N) is 1. The number of pyridine rings is 2. The molecule has 1 atom stereocenters. The fraction of sp³-hybridized carbons (Fsp3) is 0.118. The molecule has 10 aromatic rings. The summed E-state index contributed by atoms with van der Waals surface area (Å²) in [6.45, 7) is 1.61. The molecule has 1 N–H and O–H groups in total. The molecule has 0 aliphatic carbocycles. The minimum Gasteiger partial charge on any atom is -0.356 e. The Labute approximate surface area is 340 Å². The summed E-state index contributed by atoms with van der Waals surface area (Å²) in [5.74, 6) is 0.701. The standard InChI is InChI=1S/C51H37N7O/c1-5-17-35-31(12-1)25-27-52-47(35)49-45-41(55-51(56-49)48-36-18-6-2-13-32(36)26-28-53-48)30-38(46-37-19-7-10-22-43(37)59-57-46)44(40-24-23-33-14-3-8-20-39(33)54-40)50(45)58-29-11-16-34-15-4-9-21-42(34)58/h1-10,12-15,17-25,27,30,48,53H,11,16,26,28-29H2. The molecule has 0 radical (unpaired) electrons. The van der Waals surface area contributed by atoms with Gasteiger partial charge in [0.1, 0.15) is 11.4 Å². The van der Waals surface area contributed by atoms with Crippen molar-refractivity contribution in [3.63, 3.8) is 0 Å². The van der Waals surface area contributed by atoms with Crippen LogP contribution in [0.2, 0.25) is 0 Å². The van der Waals surface area contributed by atoms with Gasteiger partial charge in [0.05, 0.1) is 39.5 Å². The third kappa shape index (κ3) is 5.51. The molecule has 2 aliphatic rings. The summed E-state index contributed by atoms with van der Waals surface area (Å²) < 4.78 is 6.08. The second kappa shape index (κ2) is 13.7. The van der Waals surface area contributed by atoms with E-state index in [1.807, 2.05) is 30.5 Å². The van der Waals surface area contributed by atoms with Crippen LogP contribution in [0.5, 0.6) is 0 Å². The maximum atomic E-state index is 6.08. The lowest BCUT2D eigenvalue weighted by Crippen LogP contribution is -2.32. The van der Waals surface area contributed by atoms with Gasteiger partial charge in [-0.1, -0.05) is 108 Å². The molecule has 8 heteroatoms. The average Bonchev–Trinajstić information content (AvgIpc) is 3.74. The van der Waals surface area contributed by atoms with Gasteiger partial charge in [-0.3, -0.25) is 4.98 Å². The smallest absolute Gasteiger partial charge is 0.167 e. The highest BCUT2D eigenvalue weighted by Gasteiger charge is 2.33. The summed E-state index contributed by atoms with van der Waals surface area (Å²) in [5.41, 5.74) is 13.4. The molecule has 6 heterocycles. The van der Waals surface area contributed by atoms with E-state index in [-0.39, 0.29) is 6.04 Å². The highest BCUT2D eigenvalue weighted by Crippen LogP contribution is 2.51. The molecule has 0 spiro atoms. The monoisotopic (exact) mass is 763 g/mol. The van der Waals surface area contributed by atoms with E-state index in [1.165, 1.54) is 16.7 Å². The van der Waals surface area contributed by atoms with Crippen LogP contribution in [0.3, 0.4) is 0 Å². The third-order valence-corrected chi connectivity index (χ3v) is 12.1. The van der Waals surface area contributed by atoms with Crippen LogP contribution in [0.1, 0.15) is 35.0 Å². The molecule has 12 rings (SSSR count). The Hall–Kier alpha value is -7.29. The van der Waals surface area contributed by atoms with Crippen LogP contribution in [-0.4, -0.2) is 38.2 Å². The highest BCUT2D eigenvalue weighted by molar-refractivity contribution is 6.16. The van der Waals surface area contributed by atoms with Gasteiger partial charge in [0.2, 0.25) is 0 Å². The Morgan fingerprint density at radius 1 is 0.627 bits per heavy atom. The van der Waals surface area contributed by atoms with Crippen molar-refractivity contribution in [3.05, 3.63) is 174 Å². The van der Waals surface area contributed by atoms with Gasteiger partial charge >= 0.3 is 0 Å². The molecule has 6 aromatic carbocycles. The number of nitrogens with zero attached hydrogens (tertiary/aromatic N) is 6. The lowest BCUT2D eigenvalue weighted by atomic mass is 9.89. The largest absolute Gasteiger partial charge is 0.356 e. The Kier molecular flexibility index (Phi) is 7.84. The van der Waals surface area contributed by atoms with Crippen LogP contribution in [-0.2, 0) is 12.8 Å². The summed E-state index contributed by atoms with van der Waals surface area (Å²) in [6.07, 6.45) is 4.82. The van der Waals surface area contributed by atoms with Gasteiger partial charge in [0.15, 0.2) is 11.4 Å². The minimum absolute atomic E-state index is 0.213. The molecular formula is C51H37N7O. The van der Waals surface area contributed by atoms with E-state index in [0.717, 1.165) is 121 Å². The van der Waals surface area contributed by atoms with E-state index in [0.29, 0.717) is 5.82 Å². The normalized spacial score (nSPS) is 15.2. The molecular weight excluding hydrogens is 727 g/mol. The minimum atomic E-state index is -0.213. The quantitative estimate of drug-likeness (QED) is 0.185. The SMILES string of the molecule is c1ccc2c(c1)CCNC2c1nc(-c2nccc3ccccc23)c2c(N3CCCc4ccccc43)c(-c3ccc4ccccc4n3)c(-c3noc4ccccc34)cc2n1. The van der Waals surface area contributed by atoms with E-state index in [1.54, 1.807) is 0 Å². The fourth-order valence-corrected chi connectivity index (χ4v) is 9.41. The van der Waals surface area contributed by atoms with Crippen LogP contribution in [0.4, 0.5) is 11.4 Å². The first-order valence-electron chi connectivity index (χ1n) is 20.4. The third-order valence-electron chi connectivity index (χ3n) is 12.1. The molecule has 0 saturated carbocycles. The molecule has 4 aromatic heterocycles. The summed E-state index contributed by atoms with van der Waals surface area (Å²) in [7, 11) is 0. The summed E-state index contributed by atoms with van der Waals surface area (Å²) in [6, 6.07) is 50.6. The number of hydrogen-bond donors (Lipinski definition) is 1. The van der Waals surface area contributed by atoms with Crippen LogP contribution < -0.4 is 10.2 Å². The second-order valence-electron chi connectivity index (χ2n) is 15.5. The number of aryl methyl sites for hydroxylation is 1. The van der Waals surface area contributed by atoms with Crippen molar-refractivity contribution in [1.82, 2.24) is 30.4 Å². The predicted octanol–water partition coefficient (Wildman–Crippen LogP) is 11.2. The van der Waals surface area contributed by atoms with Gasteiger partial charge < -0.3 is 14.7 Å². The van der Waals surface area contributed by atoms with Crippen LogP contribution in [0, 0.1) is 0 Å². The summed E-state index contributed by atoms with van der Waals surface area (Å²) in [4.78, 5) is 24.4. The van der Waals surface area contributed by atoms with Gasteiger partial charge in [-0.2, -0.15) is 0 Å². The van der Waals surface area contributed by atoms with Gasteiger partial charge in [0, 0.05) is 52.3 Å². The van der Waals surface area contributed by atoms with E-state index in [9.17, 15) is 0 Å². The zero-order valence-electron chi connectivity index (χ0n) is 32.1. The highest BCUT2D eigenvalue weighted by atomic mass is 16.5. The number of hydrogen-bond acceptors (Lipinski definition) is 8. The molecule has 0 saturated heterocycles. The average molecular weight is 764 g/mol. The van der Waals surface area contributed by atoms with Gasteiger partial charge in [0.25, 0.3) is 0 Å². The van der Waals surface area contributed by atoms with Crippen LogP contribution in [0.15, 0.2) is 156 Å². The number of aromatic nitrogens is 5. The van der Waals surface area contributed by atoms with Crippen molar-refractivity contribution in [2.45, 2.75) is 25.3 Å². The van der Waals surface area contributed by atoms with E-state index >= 15 is 0 Å².